The Morgan fingerprint density at radius 3 is 2.94 bits per heavy atom. The van der Waals surface area contributed by atoms with Gasteiger partial charge in [0, 0.05) is 25.6 Å². The number of nitrogens with one attached hydrogen (secondary N) is 2. The van der Waals surface area contributed by atoms with Crippen molar-refractivity contribution < 1.29 is 0 Å². The molecular formula is C14H23N3S. The van der Waals surface area contributed by atoms with Gasteiger partial charge in [0.15, 0.2) is 5.96 Å². The SMILES string of the molecule is CCNC(=NCC(C)c1ccsc1)NCC1CC1. The molecule has 18 heavy (non-hydrogen) atoms. The van der Waals surface area contributed by atoms with E-state index in [1.54, 1.807) is 11.3 Å². The smallest absolute Gasteiger partial charge is 0.191 e. The molecule has 1 fully saturated rings. The highest BCUT2D eigenvalue weighted by Crippen LogP contribution is 2.27. The van der Waals surface area contributed by atoms with Crippen LogP contribution in [0.2, 0.25) is 0 Å². The van der Waals surface area contributed by atoms with Crippen LogP contribution in [0.5, 0.6) is 0 Å². The molecule has 0 bridgehead atoms. The Labute approximate surface area is 114 Å². The summed E-state index contributed by atoms with van der Waals surface area (Å²) >= 11 is 1.76. The normalized spacial score (nSPS) is 17.6. The van der Waals surface area contributed by atoms with Gasteiger partial charge < -0.3 is 10.6 Å². The third-order valence-corrected chi connectivity index (χ3v) is 3.94. The fourth-order valence-corrected chi connectivity index (χ4v) is 2.58. The van der Waals surface area contributed by atoms with Crippen molar-refractivity contribution in [1.29, 1.82) is 0 Å². The fraction of sp³-hybridized carbons (Fsp3) is 0.643. The molecular weight excluding hydrogens is 242 g/mol. The third-order valence-electron chi connectivity index (χ3n) is 3.23. The van der Waals surface area contributed by atoms with Gasteiger partial charge in [-0.25, -0.2) is 0 Å². The van der Waals surface area contributed by atoms with E-state index in [9.17, 15) is 0 Å². The molecule has 0 radical (unpaired) electrons. The zero-order valence-corrected chi connectivity index (χ0v) is 12.1. The second-order valence-corrected chi connectivity index (χ2v) is 5.78. The second-order valence-electron chi connectivity index (χ2n) is 5.00. The number of hydrogen-bond acceptors (Lipinski definition) is 2. The highest BCUT2D eigenvalue weighted by atomic mass is 32.1. The number of thiophene rings is 1. The molecule has 0 aromatic carbocycles. The van der Waals surface area contributed by atoms with E-state index < -0.39 is 0 Å². The highest BCUT2D eigenvalue weighted by molar-refractivity contribution is 7.07. The molecule has 100 valence electrons. The summed E-state index contributed by atoms with van der Waals surface area (Å²) in [5.41, 5.74) is 1.39. The molecule has 0 spiro atoms. The van der Waals surface area contributed by atoms with Crippen LogP contribution in [-0.4, -0.2) is 25.6 Å². The predicted octanol–water partition coefficient (Wildman–Crippen LogP) is 2.82. The van der Waals surface area contributed by atoms with E-state index in [1.165, 1.54) is 18.4 Å². The van der Waals surface area contributed by atoms with Crippen molar-refractivity contribution in [2.45, 2.75) is 32.6 Å². The summed E-state index contributed by atoms with van der Waals surface area (Å²) in [6.45, 7) is 7.17. The maximum Gasteiger partial charge on any atom is 0.191 e. The molecule has 1 heterocycles. The molecule has 1 atom stereocenters. The van der Waals surface area contributed by atoms with Gasteiger partial charge in [-0.1, -0.05) is 6.92 Å². The Hall–Kier alpha value is -1.03. The Kier molecular flexibility index (Phi) is 5.05. The van der Waals surface area contributed by atoms with Gasteiger partial charge in [-0.15, -0.1) is 0 Å². The third kappa shape index (κ3) is 4.33. The van der Waals surface area contributed by atoms with Gasteiger partial charge in [0.05, 0.1) is 0 Å². The summed E-state index contributed by atoms with van der Waals surface area (Å²) in [6.07, 6.45) is 2.75. The number of guanidine groups is 1. The molecule has 1 aliphatic rings. The van der Waals surface area contributed by atoms with E-state index in [0.29, 0.717) is 5.92 Å². The number of rotatable bonds is 6. The van der Waals surface area contributed by atoms with Crippen molar-refractivity contribution in [3.8, 4) is 0 Å². The average molecular weight is 265 g/mol. The largest absolute Gasteiger partial charge is 0.357 e. The van der Waals surface area contributed by atoms with E-state index in [0.717, 1.165) is 31.5 Å². The van der Waals surface area contributed by atoms with Crippen LogP contribution in [0.3, 0.4) is 0 Å². The fourth-order valence-electron chi connectivity index (χ4n) is 1.79. The molecule has 0 saturated heterocycles. The Morgan fingerprint density at radius 2 is 2.33 bits per heavy atom. The summed E-state index contributed by atoms with van der Waals surface area (Å²) in [5, 5.41) is 11.1. The zero-order chi connectivity index (χ0) is 12.8. The van der Waals surface area contributed by atoms with Crippen molar-refractivity contribution in [3.63, 3.8) is 0 Å². The molecule has 1 aromatic heterocycles. The first-order valence-electron chi connectivity index (χ1n) is 6.84. The van der Waals surface area contributed by atoms with E-state index in [4.69, 9.17) is 0 Å². The first-order chi connectivity index (χ1) is 8.79. The Balaban J connectivity index is 1.81. The molecule has 1 aliphatic carbocycles. The van der Waals surface area contributed by atoms with Gasteiger partial charge in [-0.3, -0.25) is 4.99 Å². The zero-order valence-electron chi connectivity index (χ0n) is 11.3. The lowest BCUT2D eigenvalue weighted by atomic mass is 10.1. The Bertz CT molecular complexity index is 368. The van der Waals surface area contributed by atoms with Gasteiger partial charge in [-0.05, 0) is 48.1 Å². The van der Waals surface area contributed by atoms with Crippen molar-refractivity contribution in [1.82, 2.24) is 10.6 Å². The molecule has 0 aliphatic heterocycles. The number of hydrogen-bond donors (Lipinski definition) is 2. The minimum atomic E-state index is 0.493. The van der Waals surface area contributed by atoms with E-state index in [2.05, 4.69) is 46.3 Å². The average Bonchev–Trinajstić information content (AvgIpc) is 3.04. The first kappa shape index (κ1) is 13.4. The van der Waals surface area contributed by atoms with Crippen LogP contribution < -0.4 is 10.6 Å². The summed E-state index contributed by atoms with van der Waals surface area (Å²) < 4.78 is 0. The van der Waals surface area contributed by atoms with Crippen LogP contribution in [0, 0.1) is 5.92 Å². The first-order valence-corrected chi connectivity index (χ1v) is 7.78. The number of nitrogens with zero attached hydrogens (tertiary/aromatic N) is 1. The molecule has 1 unspecified atom stereocenters. The van der Waals surface area contributed by atoms with E-state index in [-0.39, 0.29) is 0 Å². The topological polar surface area (TPSA) is 36.4 Å². The molecule has 0 amide bonds. The van der Waals surface area contributed by atoms with Gasteiger partial charge in [-0.2, -0.15) is 11.3 Å². The maximum absolute atomic E-state index is 4.67. The minimum absolute atomic E-state index is 0.493. The van der Waals surface area contributed by atoms with Crippen LogP contribution >= 0.6 is 11.3 Å². The Morgan fingerprint density at radius 1 is 1.50 bits per heavy atom. The molecule has 1 aromatic rings. The monoisotopic (exact) mass is 265 g/mol. The summed E-state index contributed by atoms with van der Waals surface area (Å²) in [4.78, 5) is 4.67. The molecule has 1 saturated carbocycles. The molecule has 3 nitrogen and oxygen atoms in total. The minimum Gasteiger partial charge on any atom is -0.357 e. The van der Waals surface area contributed by atoms with Crippen molar-refractivity contribution >= 4 is 17.3 Å². The summed E-state index contributed by atoms with van der Waals surface area (Å²) in [6, 6.07) is 2.19. The van der Waals surface area contributed by atoms with Gasteiger partial charge in [0.2, 0.25) is 0 Å². The molecule has 2 rings (SSSR count). The molecule has 2 N–H and O–H groups in total. The van der Waals surface area contributed by atoms with Crippen LogP contribution in [0.15, 0.2) is 21.8 Å². The van der Waals surface area contributed by atoms with Gasteiger partial charge >= 0.3 is 0 Å². The predicted molar refractivity (Wildman–Crippen MR) is 79.4 cm³/mol. The standard InChI is InChI=1S/C14H23N3S/c1-3-15-14(17-9-12-4-5-12)16-8-11(2)13-6-7-18-10-13/h6-7,10-12H,3-5,8-9H2,1-2H3,(H2,15,16,17). The lowest BCUT2D eigenvalue weighted by molar-refractivity contribution is 0.721. The quantitative estimate of drug-likeness (QED) is 0.613. The lowest BCUT2D eigenvalue weighted by Crippen LogP contribution is -2.38. The second kappa shape index (κ2) is 6.78. The van der Waals surface area contributed by atoms with Crippen LogP contribution in [0.1, 0.15) is 38.2 Å². The molecule has 4 heteroatoms. The van der Waals surface area contributed by atoms with Crippen molar-refractivity contribution in [2.24, 2.45) is 10.9 Å². The lowest BCUT2D eigenvalue weighted by Gasteiger charge is -2.12. The van der Waals surface area contributed by atoms with E-state index >= 15 is 0 Å². The summed E-state index contributed by atoms with van der Waals surface area (Å²) in [7, 11) is 0. The number of aliphatic imine (C=N–C) groups is 1. The summed E-state index contributed by atoms with van der Waals surface area (Å²) in [5.74, 6) is 2.34. The van der Waals surface area contributed by atoms with Crippen molar-refractivity contribution in [3.05, 3.63) is 22.4 Å². The van der Waals surface area contributed by atoms with Crippen LogP contribution in [0.4, 0.5) is 0 Å². The maximum atomic E-state index is 4.67. The van der Waals surface area contributed by atoms with E-state index in [1.807, 2.05) is 0 Å². The van der Waals surface area contributed by atoms with Gasteiger partial charge in [0.1, 0.15) is 0 Å². The van der Waals surface area contributed by atoms with Crippen LogP contribution in [-0.2, 0) is 0 Å². The van der Waals surface area contributed by atoms with Crippen molar-refractivity contribution in [2.75, 3.05) is 19.6 Å². The highest BCUT2D eigenvalue weighted by Gasteiger charge is 2.21. The van der Waals surface area contributed by atoms with Gasteiger partial charge in [0.25, 0.3) is 0 Å². The van der Waals surface area contributed by atoms with Crippen LogP contribution in [0.25, 0.3) is 0 Å².